The number of nitrogens with one attached hydrogen (secondary N) is 2. The first-order valence-electron chi connectivity index (χ1n) is 8.91. The van der Waals surface area contributed by atoms with Crippen molar-refractivity contribution in [2.75, 3.05) is 32.7 Å². The molecular formula is C18H32N4O. The van der Waals surface area contributed by atoms with Gasteiger partial charge < -0.3 is 15.1 Å². The van der Waals surface area contributed by atoms with Crippen LogP contribution in [-0.2, 0) is 6.42 Å². The second-order valence-corrected chi connectivity index (χ2v) is 6.81. The monoisotopic (exact) mass is 320 g/mol. The summed E-state index contributed by atoms with van der Waals surface area (Å²) in [5.41, 5.74) is 0.115. The third-order valence-electron chi connectivity index (χ3n) is 4.42. The number of guanidine groups is 1. The Kier molecular flexibility index (Phi) is 6.96. The number of likely N-dealkylation sites (tertiary alicyclic amines) is 1. The number of hydrogen-bond donors (Lipinski definition) is 2. The van der Waals surface area contributed by atoms with Crippen molar-refractivity contribution in [3.05, 3.63) is 24.2 Å². The predicted molar refractivity (Wildman–Crippen MR) is 95.9 cm³/mol. The summed E-state index contributed by atoms with van der Waals surface area (Å²) in [5.74, 6) is 1.89. The van der Waals surface area contributed by atoms with Crippen LogP contribution in [0.5, 0.6) is 0 Å². The normalized spacial score (nSPS) is 17.3. The molecular weight excluding hydrogens is 288 g/mol. The molecule has 1 aliphatic heterocycles. The van der Waals surface area contributed by atoms with E-state index in [0.717, 1.165) is 37.8 Å². The first kappa shape index (κ1) is 17.9. The smallest absolute Gasteiger partial charge is 0.191 e. The van der Waals surface area contributed by atoms with Crippen LogP contribution in [0.4, 0.5) is 0 Å². The molecule has 0 aliphatic carbocycles. The van der Waals surface area contributed by atoms with Crippen LogP contribution < -0.4 is 10.6 Å². The summed E-state index contributed by atoms with van der Waals surface area (Å²) >= 11 is 0. The lowest BCUT2D eigenvalue weighted by molar-refractivity contribution is 0.102. The Balaban J connectivity index is 1.83. The van der Waals surface area contributed by atoms with E-state index >= 15 is 0 Å². The Morgan fingerprint density at radius 3 is 2.70 bits per heavy atom. The van der Waals surface area contributed by atoms with Gasteiger partial charge in [0.05, 0.1) is 12.8 Å². The molecule has 23 heavy (non-hydrogen) atoms. The quantitative estimate of drug-likeness (QED) is 0.599. The largest absolute Gasteiger partial charge is 0.469 e. The van der Waals surface area contributed by atoms with Gasteiger partial charge in [0, 0.05) is 25.0 Å². The minimum atomic E-state index is 0.115. The number of aliphatic imine (C=N–C) groups is 1. The molecule has 1 aromatic heterocycles. The van der Waals surface area contributed by atoms with Crippen molar-refractivity contribution in [1.29, 1.82) is 0 Å². The van der Waals surface area contributed by atoms with E-state index in [1.807, 2.05) is 12.1 Å². The number of hydrogen-bond acceptors (Lipinski definition) is 3. The van der Waals surface area contributed by atoms with Gasteiger partial charge >= 0.3 is 0 Å². The van der Waals surface area contributed by atoms with E-state index in [9.17, 15) is 0 Å². The van der Waals surface area contributed by atoms with Gasteiger partial charge in [-0.25, -0.2) is 0 Å². The highest BCUT2D eigenvalue weighted by Gasteiger charge is 2.27. The van der Waals surface area contributed by atoms with Gasteiger partial charge in [-0.05, 0) is 58.8 Å². The van der Waals surface area contributed by atoms with Crippen LogP contribution in [0.3, 0.4) is 0 Å². The van der Waals surface area contributed by atoms with E-state index < -0.39 is 0 Å². The molecule has 0 spiro atoms. The maximum Gasteiger partial charge on any atom is 0.191 e. The zero-order chi connectivity index (χ0) is 16.5. The van der Waals surface area contributed by atoms with Crippen molar-refractivity contribution in [3.8, 4) is 0 Å². The molecule has 0 aromatic carbocycles. The lowest BCUT2D eigenvalue weighted by atomic mass is 9.99. The summed E-state index contributed by atoms with van der Waals surface area (Å²) < 4.78 is 5.36. The predicted octanol–water partition coefficient (Wildman–Crippen LogP) is 2.64. The maximum absolute atomic E-state index is 5.36. The fourth-order valence-electron chi connectivity index (χ4n) is 2.97. The molecule has 2 heterocycles. The highest BCUT2D eigenvalue weighted by atomic mass is 16.3. The Bertz CT molecular complexity index is 461. The highest BCUT2D eigenvalue weighted by Crippen LogP contribution is 2.20. The Hall–Kier alpha value is -1.49. The molecule has 130 valence electrons. The van der Waals surface area contributed by atoms with Gasteiger partial charge in [0.25, 0.3) is 0 Å². The van der Waals surface area contributed by atoms with Gasteiger partial charge in [-0.1, -0.05) is 6.42 Å². The molecule has 0 unspecified atom stereocenters. The molecule has 0 saturated carbocycles. The summed E-state index contributed by atoms with van der Waals surface area (Å²) in [5, 5.41) is 6.72. The molecule has 5 heteroatoms. The van der Waals surface area contributed by atoms with E-state index in [0.29, 0.717) is 0 Å². The second-order valence-electron chi connectivity index (χ2n) is 6.81. The summed E-state index contributed by atoms with van der Waals surface area (Å²) in [4.78, 5) is 7.38. The minimum absolute atomic E-state index is 0.115. The Morgan fingerprint density at radius 2 is 2.04 bits per heavy atom. The van der Waals surface area contributed by atoms with Gasteiger partial charge in [-0.2, -0.15) is 0 Å². The lowest BCUT2D eigenvalue weighted by Crippen LogP contribution is -2.49. The van der Waals surface area contributed by atoms with Crippen molar-refractivity contribution < 1.29 is 4.42 Å². The van der Waals surface area contributed by atoms with Crippen molar-refractivity contribution >= 4 is 5.96 Å². The van der Waals surface area contributed by atoms with Crippen LogP contribution in [0, 0.1) is 0 Å². The van der Waals surface area contributed by atoms with Crippen molar-refractivity contribution in [1.82, 2.24) is 15.5 Å². The number of nitrogens with zero attached hydrogens (tertiary/aromatic N) is 2. The van der Waals surface area contributed by atoms with Gasteiger partial charge in [-0.3, -0.25) is 9.89 Å². The van der Waals surface area contributed by atoms with E-state index in [1.165, 1.54) is 32.4 Å². The fourth-order valence-corrected chi connectivity index (χ4v) is 2.97. The fraction of sp³-hybridized carbons (Fsp3) is 0.722. The van der Waals surface area contributed by atoms with Crippen LogP contribution in [-0.4, -0.2) is 49.1 Å². The molecule has 2 N–H and O–H groups in total. The van der Waals surface area contributed by atoms with Gasteiger partial charge in [0.15, 0.2) is 5.96 Å². The average molecular weight is 320 g/mol. The first-order valence-corrected chi connectivity index (χ1v) is 8.91. The van der Waals surface area contributed by atoms with E-state index in [-0.39, 0.29) is 5.54 Å². The molecule has 1 aromatic rings. The van der Waals surface area contributed by atoms with Crippen molar-refractivity contribution in [3.63, 3.8) is 0 Å². The topological polar surface area (TPSA) is 52.8 Å². The third-order valence-corrected chi connectivity index (χ3v) is 4.42. The van der Waals surface area contributed by atoms with E-state index in [4.69, 9.17) is 9.41 Å². The summed E-state index contributed by atoms with van der Waals surface area (Å²) in [7, 11) is 0. The molecule has 0 bridgehead atoms. The minimum Gasteiger partial charge on any atom is -0.469 e. The van der Waals surface area contributed by atoms with Crippen LogP contribution in [0.1, 0.15) is 45.8 Å². The standard InChI is InChI=1S/C18H32N4O/c1-4-19-17(20-11-10-16-9-8-14-23-16)21-15-18(2,3)22-12-6-5-7-13-22/h8-9,14H,4-7,10-13,15H2,1-3H3,(H2,19,20,21). The lowest BCUT2D eigenvalue weighted by Gasteiger charge is -2.40. The zero-order valence-corrected chi connectivity index (χ0v) is 14.9. The van der Waals surface area contributed by atoms with E-state index in [2.05, 4.69) is 36.3 Å². The number of piperidine rings is 1. The van der Waals surface area contributed by atoms with Gasteiger partial charge in [0.2, 0.25) is 0 Å². The number of furan rings is 1. The average Bonchev–Trinajstić information content (AvgIpc) is 3.07. The van der Waals surface area contributed by atoms with Crippen LogP contribution in [0.15, 0.2) is 27.8 Å². The maximum atomic E-state index is 5.36. The SMILES string of the molecule is CCNC(=NCC(C)(C)N1CCCCC1)NCCc1ccco1. The molecule has 2 rings (SSSR count). The summed E-state index contributed by atoms with van der Waals surface area (Å²) in [6.45, 7) is 11.6. The molecule has 1 saturated heterocycles. The van der Waals surface area contributed by atoms with Crippen molar-refractivity contribution in [2.24, 2.45) is 4.99 Å². The molecule has 0 radical (unpaired) electrons. The summed E-state index contributed by atoms with van der Waals surface area (Å²) in [6, 6.07) is 3.93. The number of rotatable bonds is 7. The second kappa shape index (κ2) is 8.96. The van der Waals surface area contributed by atoms with Crippen LogP contribution in [0.2, 0.25) is 0 Å². The Labute approximate surface area is 140 Å². The zero-order valence-electron chi connectivity index (χ0n) is 14.9. The molecule has 1 fully saturated rings. The molecule has 1 aliphatic rings. The highest BCUT2D eigenvalue weighted by molar-refractivity contribution is 5.79. The molecule has 0 atom stereocenters. The summed E-state index contributed by atoms with van der Waals surface area (Å²) in [6.07, 6.45) is 6.58. The van der Waals surface area contributed by atoms with Gasteiger partial charge in [0.1, 0.15) is 5.76 Å². The van der Waals surface area contributed by atoms with E-state index in [1.54, 1.807) is 6.26 Å². The van der Waals surface area contributed by atoms with Gasteiger partial charge in [-0.15, -0.1) is 0 Å². The van der Waals surface area contributed by atoms with Crippen LogP contribution >= 0.6 is 0 Å². The van der Waals surface area contributed by atoms with Crippen LogP contribution in [0.25, 0.3) is 0 Å². The molecule has 5 nitrogen and oxygen atoms in total. The third kappa shape index (κ3) is 5.90. The van der Waals surface area contributed by atoms with Crippen molar-refractivity contribution in [2.45, 2.75) is 52.0 Å². The molecule has 0 amide bonds. The Morgan fingerprint density at radius 1 is 1.26 bits per heavy atom. The first-order chi connectivity index (χ1) is 11.1.